The van der Waals surface area contributed by atoms with Gasteiger partial charge in [0.2, 0.25) is 0 Å². The minimum atomic E-state index is 0.115. The lowest BCUT2D eigenvalue weighted by Gasteiger charge is -2.16. The van der Waals surface area contributed by atoms with E-state index >= 15 is 0 Å². The zero-order valence-electron chi connectivity index (χ0n) is 15.5. The summed E-state index contributed by atoms with van der Waals surface area (Å²) in [6.45, 7) is 6.19. The van der Waals surface area contributed by atoms with E-state index in [1.165, 1.54) is 23.3 Å². The number of thioether (sulfide) groups is 1. The van der Waals surface area contributed by atoms with E-state index < -0.39 is 0 Å². The fourth-order valence-corrected chi connectivity index (χ4v) is 5.30. The maximum atomic E-state index is 13.3. The Bertz CT molecular complexity index is 889. The van der Waals surface area contributed by atoms with Crippen LogP contribution in [0, 0.1) is 5.92 Å². The molecular weight excluding hydrogens is 348 g/mol. The van der Waals surface area contributed by atoms with Crippen molar-refractivity contribution in [1.82, 2.24) is 9.55 Å². The van der Waals surface area contributed by atoms with Gasteiger partial charge in [0, 0.05) is 10.6 Å². The third-order valence-electron chi connectivity index (χ3n) is 4.69. The van der Waals surface area contributed by atoms with Gasteiger partial charge in [-0.05, 0) is 55.9 Å². The molecule has 0 aromatic carbocycles. The van der Waals surface area contributed by atoms with E-state index in [0.717, 1.165) is 40.3 Å². The molecule has 2 aliphatic rings. The minimum absolute atomic E-state index is 0.115. The van der Waals surface area contributed by atoms with Crippen LogP contribution in [0.1, 0.15) is 50.5 Å². The molecule has 2 heterocycles. The molecule has 2 aromatic heterocycles. The predicted molar refractivity (Wildman–Crippen MR) is 111 cm³/mol. The normalized spacial score (nSPS) is 19.2. The molecule has 1 atom stereocenters. The van der Waals surface area contributed by atoms with E-state index in [1.54, 1.807) is 23.1 Å². The van der Waals surface area contributed by atoms with Crippen molar-refractivity contribution in [1.29, 1.82) is 0 Å². The minimum Gasteiger partial charge on any atom is -0.268 e. The molecule has 4 rings (SSSR count). The molecule has 0 saturated carbocycles. The average Bonchev–Trinajstić information content (AvgIpc) is 3.03. The molecule has 0 fully saturated rings. The van der Waals surface area contributed by atoms with Crippen molar-refractivity contribution in [3.05, 3.63) is 39.0 Å². The maximum absolute atomic E-state index is 13.3. The fourth-order valence-electron chi connectivity index (χ4n) is 3.43. The summed E-state index contributed by atoms with van der Waals surface area (Å²) in [5.74, 6) is 0.540. The van der Waals surface area contributed by atoms with Gasteiger partial charge in [-0.25, -0.2) is 4.98 Å². The molecule has 5 heteroatoms. The zero-order chi connectivity index (χ0) is 18.0. The Morgan fingerprint density at radius 3 is 2.72 bits per heavy atom. The summed E-state index contributed by atoms with van der Waals surface area (Å²) >= 11 is 3.27. The number of allylic oxidation sites excluding steroid dienone is 4. The van der Waals surface area contributed by atoms with Crippen LogP contribution in [0.25, 0.3) is 15.9 Å². The molecule has 0 bridgehead atoms. The van der Waals surface area contributed by atoms with Gasteiger partial charge in [-0.2, -0.15) is 0 Å². The lowest BCUT2D eigenvalue weighted by Crippen LogP contribution is -2.23. The summed E-state index contributed by atoms with van der Waals surface area (Å²) < 4.78 is 1.82. The van der Waals surface area contributed by atoms with Crippen LogP contribution >= 0.6 is 23.1 Å². The number of nitrogens with zero attached hydrogens (tertiary/aromatic N) is 2. The monoisotopic (exact) mass is 374 g/mol. The first-order valence-electron chi connectivity index (χ1n) is 9.19. The second kappa shape index (κ2) is 7.92. The number of aromatic nitrogens is 2. The molecule has 0 N–H and O–H groups in total. The number of rotatable bonds is 2. The van der Waals surface area contributed by atoms with Crippen molar-refractivity contribution < 1.29 is 0 Å². The van der Waals surface area contributed by atoms with E-state index in [0.29, 0.717) is 5.92 Å². The maximum Gasteiger partial charge on any atom is 0.267 e. The van der Waals surface area contributed by atoms with Crippen molar-refractivity contribution >= 4 is 39.0 Å². The number of aryl methyl sites for hydroxylation is 2. The summed E-state index contributed by atoms with van der Waals surface area (Å²) in [7, 11) is 0. The molecular formula is C20H26N2OS2. The molecule has 1 unspecified atom stereocenters. The van der Waals surface area contributed by atoms with Gasteiger partial charge >= 0.3 is 0 Å². The summed E-state index contributed by atoms with van der Waals surface area (Å²) in [5, 5.41) is 1.67. The molecule has 2 aromatic rings. The molecule has 25 heavy (non-hydrogen) atoms. The van der Waals surface area contributed by atoms with Crippen LogP contribution in [-0.4, -0.2) is 15.8 Å². The van der Waals surface area contributed by atoms with Crippen LogP contribution in [0.4, 0.5) is 0 Å². The van der Waals surface area contributed by atoms with E-state index in [-0.39, 0.29) is 5.56 Å². The molecule has 3 nitrogen and oxygen atoms in total. The first kappa shape index (κ1) is 18.5. The van der Waals surface area contributed by atoms with Gasteiger partial charge < -0.3 is 0 Å². The highest BCUT2D eigenvalue weighted by Gasteiger charge is 2.23. The zero-order valence-corrected chi connectivity index (χ0v) is 17.1. The average molecular weight is 375 g/mol. The van der Waals surface area contributed by atoms with Crippen LogP contribution in [0.2, 0.25) is 0 Å². The van der Waals surface area contributed by atoms with E-state index in [2.05, 4.69) is 25.2 Å². The molecule has 0 amide bonds. The highest BCUT2D eigenvalue weighted by molar-refractivity contribution is 7.98. The van der Waals surface area contributed by atoms with Crippen molar-refractivity contribution in [3.63, 3.8) is 0 Å². The van der Waals surface area contributed by atoms with Gasteiger partial charge in [0.25, 0.3) is 5.56 Å². The lowest BCUT2D eigenvalue weighted by atomic mass is 9.97. The molecule has 0 aliphatic heterocycles. The topological polar surface area (TPSA) is 34.9 Å². The van der Waals surface area contributed by atoms with Gasteiger partial charge in [-0.1, -0.05) is 44.7 Å². The van der Waals surface area contributed by atoms with Crippen LogP contribution < -0.4 is 5.56 Å². The third-order valence-corrected chi connectivity index (χ3v) is 6.52. The Kier molecular flexibility index (Phi) is 5.85. The highest BCUT2D eigenvalue weighted by atomic mass is 32.2. The highest BCUT2D eigenvalue weighted by Crippen LogP contribution is 2.35. The SMILES string of the molecule is CC.CSc1nc2sc3c(c2c(=O)n1C1=CCC(C)C=C1)CCCC3. The first-order valence-corrected chi connectivity index (χ1v) is 11.2. The summed E-state index contributed by atoms with van der Waals surface area (Å²) in [5.41, 5.74) is 2.36. The van der Waals surface area contributed by atoms with Gasteiger partial charge in [0.15, 0.2) is 5.16 Å². The Balaban J connectivity index is 0.000000880. The van der Waals surface area contributed by atoms with Gasteiger partial charge in [-0.3, -0.25) is 9.36 Å². The second-order valence-corrected chi connectivity index (χ2v) is 8.19. The van der Waals surface area contributed by atoms with Crippen molar-refractivity contribution in [3.8, 4) is 0 Å². The Morgan fingerprint density at radius 1 is 1.28 bits per heavy atom. The fraction of sp³-hybridized carbons (Fsp3) is 0.500. The van der Waals surface area contributed by atoms with Gasteiger partial charge in [0.1, 0.15) is 4.83 Å². The van der Waals surface area contributed by atoms with Crippen LogP contribution in [0.5, 0.6) is 0 Å². The molecule has 0 saturated heterocycles. The summed E-state index contributed by atoms with van der Waals surface area (Å²) in [4.78, 5) is 20.4. The van der Waals surface area contributed by atoms with Gasteiger partial charge in [-0.15, -0.1) is 11.3 Å². The molecule has 134 valence electrons. The Hall–Kier alpha value is -1.33. The van der Waals surface area contributed by atoms with Crippen LogP contribution in [0.3, 0.4) is 0 Å². The molecule has 2 aliphatic carbocycles. The van der Waals surface area contributed by atoms with Crippen molar-refractivity contribution in [2.24, 2.45) is 5.92 Å². The predicted octanol–water partition coefficient (Wildman–Crippen LogP) is 5.52. The third kappa shape index (κ3) is 3.36. The number of fused-ring (bicyclic) bond motifs is 3. The van der Waals surface area contributed by atoms with E-state index in [9.17, 15) is 4.79 Å². The van der Waals surface area contributed by atoms with Crippen LogP contribution in [0.15, 0.2) is 28.2 Å². The van der Waals surface area contributed by atoms with Crippen LogP contribution in [-0.2, 0) is 12.8 Å². The summed E-state index contributed by atoms with van der Waals surface area (Å²) in [6.07, 6.45) is 13.9. The van der Waals surface area contributed by atoms with E-state index in [1.807, 2.05) is 24.7 Å². The second-order valence-electron chi connectivity index (χ2n) is 6.33. The largest absolute Gasteiger partial charge is 0.268 e. The number of hydrogen-bond donors (Lipinski definition) is 0. The van der Waals surface area contributed by atoms with Gasteiger partial charge in [0.05, 0.1) is 5.39 Å². The lowest BCUT2D eigenvalue weighted by molar-refractivity contribution is 0.698. The number of thiophene rings is 1. The standard InChI is InChI=1S/C18H20N2OS2.C2H6/c1-11-7-9-12(10-8-11)20-17(21)15-13-5-3-4-6-14(13)23-16(15)19-18(20)22-2;1-2/h7,9-11H,3-6,8H2,1-2H3;1-2H3. The van der Waals surface area contributed by atoms with Crippen molar-refractivity contribution in [2.75, 3.05) is 6.26 Å². The van der Waals surface area contributed by atoms with Crippen molar-refractivity contribution in [2.45, 2.75) is 58.0 Å². The summed E-state index contributed by atoms with van der Waals surface area (Å²) in [6, 6.07) is 0. The molecule has 0 radical (unpaired) electrons. The smallest absolute Gasteiger partial charge is 0.267 e. The molecule has 0 spiro atoms. The Morgan fingerprint density at radius 2 is 2.04 bits per heavy atom. The number of hydrogen-bond acceptors (Lipinski definition) is 4. The quantitative estimate of drug-likeness (QED) is 0.513. The first-order chi connectivity index (χ1) is 12.2. The Labute approximate surface area is 157 Å². The van der Waals surface area contributed by atoms with E-state index in [4.69, 9.17) is 4.98 Å².